The molecule has 0 aliphatic rings. The number of rotatable bonds is 5. The van der Waals surface area contributed by atoms with Crippen LogP contribution < -0.4 is 5.32 Å². The van der Waals surface area contributed by atoms with Crippen LogP contribution in [0.4, 0.5) is 5.69 Å². The summed E-state index contributed by atoms with van der Waals surface area (Å²) in [4.78, 5) is 22.6. The lowest BCUT2D eigenvalue weighted by Crippen LogP contribution is -2.12. The molecule has 2 aromatic carbocycles. The molecule has 0 aliphatic carbocycles. The molecule has 0 saturated heterocycles. The fraction of sp³-hybridized carbons (Fsp3) is 0.176. The average molecular weight is 283 g/mol. The van der Waals surface area contributed by atoms with E-state index in [-0.39, 0.29) is 11.5 Å². The van der Waals surface area contributed by atoms with Gasteiger partial charge in [0.05, 0.1) is 5.56 Å². The molecule has 0 bridgehead atoms. The number of aromatic carboxylic acids is 1. The second-order valence-electron chi connectivity index (χ2n) is 4.92. The van der Waals surface area contributed by atoms with Crippen molar-refractivity contribution in [2.45, 2.75) is 19.8 Å². The topological polar surface area (TPSA) is 66.4 Å². The van der Waals surface area contributed by atoms with Crippen molar-refractivity contribution in [3.05, 3.63) is 65.2 Å². The van der Waals surface area contributed by atoms with Crippen LogP contribution >= 0.6 is 0 Å². The summed E-state index contributed by atoms with van der Waals surface area (Å²) in [5, 5.41) is 11.6. The van der Waals surface area contributed by atoms with Crippen LogP contribution in [0, 0.1) is 6.92 Å². The first kappa shape index (κ1) is 14.8. The summed E-state index contributed by atoms with van der Waals surface area (Å²) < 4.78 is 0. The standard InChI is InChI=1S/C17H17NO3/c1-12-2-4-13(5-3-12)6-11-16(19)18-15-9-7-14(8-10-15)17(20)21/h2-5,7-10H,6,11H2,1H3,(H,18,19)(H,20,21). The van der Waals surface area contributed by atoms with Gasteiger partial charge in [-0.1, -0.05) is 29.8 Å². The van der Waals surface area contributed by atoms with Gasteiger partial charge in [0.25, 0.3) is 0 Å². The molecule has 0 unspecified atom stereocenters. The van der Waals surface area contributed by atoms with Gasteiger partial charge in [0.15, 0.2) is 0 Å². The van der Waals surface area contributed by atoms with E-state index in [0.717, 1.165) is 5.56 Å². The number of carboxylic acids is 1. The second kappa shape index (κ2) is 6.70. The lowest BCUT2D eigenvalue weighted by Gasteiger charge is -2.06. The van der Waals surface area contributed by atoms with Crippen molar-refractivity contribution in [3.63, 3.8) is 0 Å². The maximum atomic E-state index is 11.8. The third-order valence-electron chi connectivity index (χ3n) is 3.18. The minimum absolute atomic E-state index is 0.0846. The van der Waals surface area contributed by atoms with Crippen molar-refractivity contribution in [2.24, 2.45) is 0 Å². The first-order valence-corrected chi connectivity index (χ1v) is 6.73. The Morgan fingerprint density at radius 1 is 1.00 bits per heavy atom. The summed E-state index contributed by atoms with van der Waals surface area (Å²) in [5.74, 6) is -1.06. The van der Waals surface area contributed by atoms with Gasteiger partial charge in [0.2, 0.25) is 5.91 Å². The van der Waals surface area contributed by atoms with Gasteiger partial charge >= 0.3 is 5.97 Å². The molecule has 0 radical (unpaired) electrons. The van der Waals surface area contributed by atoms with Gasteiger partial charge in [-0.15, -0.1) is 0 Å². The molecule has 0 saturated carbocycles. The highest BCUT2D eigenvalue weighted by Gasteiger charge is 2.05. The molecule has 108 valence electrons. The lowest BCUT2D eigenvalue weighted by molar-refractivity contribution is -0.116. The Morgan fingerprint density at radius 2 is 1.62 bits per heavy atom. The molecule has 4 heteroatoms. The Balaban J connectivity index is 1.86. The molecule has 0 spiro atoms. The van der Waals surface area contributed by atoms with Crippen LogP contribution in [-0.4, -0.2) is 17.0 Å². The molecule has 2 rings (SSSR count). The van der Waals surface area contributed by atoms with Crippen LogP contribution in [0.25, 0.3) is 0 Å². The zero-order chi connectivity index (χ0) is 15.2. The largest absolute Gasteiger partial charge is 0.478 e. The Hall–Kier alpha value is -2.62. The van der Waals surface area contributed by atoms with Crippen molar-refractivity contribution < 1.29 is 14.7 Å². The maximum absolute atomic E-state index is 11.8. The van der Waals surface area contributed by atoms with Crippen LogP contribution in [0.5, 0.6) is 0 Å². The van der Waals surface area contributed by atoms with Gasteiger partial charge < -0.3 is 10.4 Å². The Kier molecular flexibility index (Phi) is 4.72. The van der Waals surface area contributed by atoms with Gasteiger partial charge in [-0.2, -0.15) is 0 Å². The maximum Gasteiger partial charge on any atom is 0.335 e. The zero-order valence-electron chi connectivity index (χ0n) is 11.8. The monoisotopic (exact) mass is 283 g/mol. The van der Waals surface area contributed by atoms with E-state index in [2.05, 4.69) is 5.32 Å². The predicted octanol–water partition coefficient (Wildman–Crippen LogP) is 3.26. The fourth-order valence-electron chi connectivity index (χ4n) is 1.93. The number of hydrogen-bond acceptors (Lipinski definition) is 2. The molecule has 0 aliphatic heterocycles. The first-order valence-electron chi connectivity index (χ1n) is 6.73. The summed E-state index contributed by atoms with van der Waals surface area (Å²) in [6, 6.07) is 14.2. The lowest BCUT2D eigenvalue weighted by atomic mass is 10.1. The third kappa shape index (κ3) is 4.45. The molecular formula is C17H17NO3. The van der Waals surface area contributed by atoms with Gasteiger partial charge in [-0.25, -0.2) is 4.79 Å². The summed E-state index contributed by atoms with van der Waals surface area (Å²) in [6.45, 7) is 2.03. The number of carbonyl (C=O) groups excluding carboxylic acids is 1. The molecular weight excluding hydrogens is 266 g/mol. The molecule has 1 amide bonds. The van der Waals surface area contributed by atoms with E-state index >= 15 is 0 Å². The number of benzene rings is 2. The number of hydrogen-bond donors (Lipinski definition) is 2. The fourth-order valence-corrected chi connectivity index (χ4v) is 1.93. The van der Waals surface area contributed by atoms with E-state index in [1.807, 2.05) is 31.2 Å². The molecule has 21 heavy (non-hydrogen) atoms. The van der Waals surface area contributed by atoms with Gasteiger partial charge in [-0.3, -0.25) is 4.79 Å². The molecule has 2 aromatic rings. The number of carboxylic acid groups (broad SMARTS) is 1. The summed E-state index contributed by atoms with van der Waals surface area (Å²) in [6.07, 6.45) is 1.07. The number of amides is 1. The summed E-state index contributed by atoms with van der Waals surface area (Å²) >= 11 is 0. The van der Waals surface area contributed by atoms with E-state index in [0.29, 0.717) is 18.5 Å². The Bertz CT molecular complexity index is 630. The molecule has 2 N–H and O–H groups in total. The van der Waals surface area contributed by atoms with E-state index in [4.69, 9.17) is 5.11 Å². The molecule has 0 atom stereocenters. The van der Waals surface area contributed by atoms with E-state index < -0.39 is 5.97 Å². The highest BCUT2D eigenvalue weighted by molar-refractivity contribution is 5.92. The second-order valence-corrected chi connectivity index (χ2v) is 4.92. The normalized spacial score (nSPS) is 10.1. The summed E-state index contributed by atoms with van der Waals surface area (Å²) in [5.41, 5.74) is 3.13. The highest BCUT2D eigenvalue weighted by atomic mass is 16.4. The third-order valence-corrected chi connectivity index (χ3v) is 3.18. The first-order chi connectivity index (χ1) is 10.0. The highest BCUT2D eigenvalue weighted by Crippen LogP contribution is 2.11. The zero-order valence-corrected chi connectivity index (χ0v) is 11.8. The summed E-state index contributed by atoms with van der Waals surface area (Å²) in [7, 11) is 0. The smallest absolute Gasteiger partial charge is 0.335 e. The van der Waals surface area contributed by atoms with Crippen molar-refractivity contribution in [1.82, 2.24) is 0 Å². The van der Waals surface area contributed by atoms with Crippen LogP contribution in [-0.2, 0) is 11.2 Å². The Labute approximate surface area is 123 Å². The SMILES string of the molecule is Cc1ccc(CCC(=O)Nc2ccc(C(=O)O)cc2)cc1. The van der Waals surface area contributed by atoms with Crippen LogP contribution in [0.3, 0.4) is 0 Å². The molecule has 0 fully saturated rings. The van der Waals surface area contributed by atoms with E-state index in [9.17, 15) is 9.59 Å². The van der Waals surface area contributed by atoms with Crippen LogP contribution in [0.15, 0.2) is 48.5 Å². The van der Waals surface area contributed by atoms with Crippen LogP contribution in [0.1, 0.15) is 27.9 Å². The van der Waals surface area contributed by atoms with Gasteiger partial charge in [0.1, 0.15) is 0 Å². The quantitative estimate of drug-likeness (QED) is 0.885. The minimum atomic E-state index is -0.979. The van der Waals surface area contributed by atoms with Crippen molar-refractivity contribution in [1.29, 1.82) is 0 Å². The molecule has 0 heterocycles. The number of nitrogens with one attached hydrogen (secondary N) is 1. The van der Waals surface area contributed by atoms with E-state index in [1.54, 1.807) is 12.1 Å². The molecule has 0 aromatic heterocycles. The number of aryl methyl sites for hydroxylation is 2. The number of anilines is 1. The Morgan fingerprint density at radius 3 is 2.19 bits per heavy atom. The average Bonchev–Trinajstić information content (AvgIpc) is 2.47. The van der Waals surface area contributed by atoms with Crippen LogP contribution in [0.2, 0.25) is 0 Å². The van der Waals surface area contributed by atoms with E-state index in [1.165, 1.54) is 17.7 Å². The van der Waals surface area contributed by atoms with Gasteiger partial charge in [-0.05, 0) is 43.2 Å². The van der Waals surface area contributed by atoms with Crippen molar-refractivity contribution in [2.75, 3.05) is 5.32 Å². The number of carbonyl (C=O) groups is 2. The minimum Gasteiger partial charge on any atom is -0.478 e. The van der Waals surface area contributed by atoms with Crippen molar-refractivity contribution in [3.8, 4) is 0 Å². The molecule has 4 nitrogen and oxygen atoms in total. The predicted molar refractivity (Wildman–Crippen MR) is 81.5 cm³/mol. The van der Waals surface area contributed by atoms with Crippen molar-refractivity contribution >= 4 is 17.6 Å². The van der Waals surface area contributed by atoms with Gasteiger partial charge in [0, 0.05) is 12.1 Å².